The molecule has 4 amide bonds. The molecule has 0 aromatic heterocycles. The van der Waals surface area contributed by atoms with E-state index in [1.54, 1.807) is 49.4 Å². The number of hydrogen-bond donors (Lipinski definition) is 1. The molecule has 1 saturated heterocycles. The van der Waals surface area contributed by atoms with E-state index in [9.17, 15) is 14.4 Å². The van der Waals surface area contributed by atoms with Crippen LogP contribution in [0.1, 0.15) is 22.3 Å². The van der Waals surface area contributed by atoms with Gasteiger partial charge in [-0.25, -0.2) is 9.69 Å². The lowest BCUT2D eigenvalue weighted by atomic mass is 10.1. The molecule has 0 atom stereocenters. The van der Waals surface area contributed by atoms with Crippen molar-refractivity contribution in [2.75, 3.05) is 4.90 Å². The first-order chi connectivity index (χ1) is 15.4. The smallest absolute Gasteiger partial charge is 0.335 e. The van der Waals surface area contributed by atoms with Gasteiger partial charge in [0, 0.05) is 0 Å². The monoisotopic (exact) mass is 426 g/mol. The van der Waals surface area contributed by atoms with Crippen molar-refractivity contribution in [2.45, 2.75) is 20.5 Å². The molecule has 6 nitrogen and oxygen atoms in total. The molecule has 0 radical (unpaired) electrons. The van der Waals surface area contributed by atoms with Crippen molar-refractivity contribution in [1.29, 1.82) is 0 Å². The molecule has 1 aliphatic heterocycles. The molecule has 4 rings (SSSR count). The SMILES string of the molecule is Cc1cccc(COc2ccc(/C=C3\C(=O)NC(=O)N(c4ccccc4C)C3=O)cc2)c1. The fourth-order valence-corrected chi connectivity index (χ4v) is 3.49. The Hall–Kier alpha value is -4.19. The Morgan fingerprint density at radius 2 is 1.66 bits per heavy atom. The highest BCUT2D eigenvalue weighted by atomic mass is 16.5. The van der Waals surface area contributed by atoms with Crippen molar-refractivity contribution >= 4 is 29.6 Å². The third-order valence-corrected chi connectivity index (χ3v) is 5.14. The fourth-order valence-electron chi connectivity index (χ4n) is 3.49. The minimum Gasteiger partial charge on any atom is -0.489 e. The lowest BCUT2D eigenvalue weighted by molar-refractivity contribution is -0.122. The van der Waals surface area contributed by atoms with Crippen LogP contribution < -0.4 is 15.0 Å². The summed E-state index contributed by atoms with van der Waals surface area (Å²) in [6, 6.07) is 21.4. The Morgan fingerprint density at radius 3 is 2.38 bits per heavy atom. The van der Waals surface area contributed by atoms with E-state index in [0.29, 0.717) is 23.6 Å². The molecule has 3 aromatic rings. The summed E-state index contributed by atoms with van der Waals surface area (Å²) in [7, 11) is 0. The number of carbonyl (C=O) groups is 3. The van der Waals surface area contributed by atoms with E-state index in [2.05, 4.69) is 11.4 Å². The molecular weight excluding hydrogens is 404 g/mol. The molecule has 0 spiro atoms. The first kappa shape index (κ1) is 21.1. The molecule has 1 aliphatic rings. The second kappa shape index (κ2) is 8.89. The van der Waals surface area contributed by atoms with Crippen LogP contribution in [0.25, 0.3) is 6.08 Å². The van der Waals surface area contributed by atoms with Crippen LogP contribution in [-0.4, -0.2) is 17.8 Å². The summed E-state index contributed by atoms with van der Waals surface area (Å²) in [4.78, 5) is 38.7. The summed E-state index contributed by atoms with van der Waals surface area (Å²) in [5, 5.41) is 2.24. The van der Waals surface area contributed by atoms with Crippen LogP contribution in [0.2, 0.25) is 0 Å². The summed E-state index contributed by atoms with van der Waals surface area (Å²) >= 11 is 0. The minimum atomic E-state index is -0.758. The molecule has 160 valence electrons. The van der Waals surface area contributed by atoms with E-state index in [0.717, 1.165) is 16.0 Å². The number of amides is 4. The maximum Gasteiger partial charge on any atom is 0.335 e. The van der Waals surface area contributed by atoms with Crippen LogP contribution in [-0.2, 0) is 16.2 Å². The molecule has 32 heavy (non-hydrogen) atoms. The van der Waals surface area contributed by atoms with Crippen molar-refractivity contribution in [3.8, 4) is 5.75 Å². The number of hydrogen-bond acceptors (Lipinski definition) is 4. The lowest BCUT2D eigenvalue weighted by Gasteiger charge is -2.27. The molecule has 0 aliphatic carbocycles. The van der Waals surface area contributed by atoms with Crippen molar-refractivity contribution in [3.05, 3.63) is 101 Å². The number of anilines is 1. The van der Waals surface area contributed by atoms with Crippen molar-refractivity contribution in [2.24, 2.45) is 0 Å². The molecule has 1 N–H and O–H groups in total. The Bertz CT molecular complexity index is 1230. The molecule has 0 saturated carbocycles. The Kier molecular flexibility index (Phi) is 5.85. The van der Waals surface area contributed by atoms with Gasteiger partial charge >= 0.3 is 6.03 Å². The van der Waals surface area contributed by atoms with Crippen LogP contribution in [0, 0.1) is 13.8 Å². The zero-order chi connectivity index (χ0) is 22.7. The first-order valence-corrected chi connectivity index (χ1v) is 10.2. The largest absolute Gasteiger partial charge is 0.489 e. The van der Waals surface area contributed by atoms with Gasteiger partial charge in [-0.2, -0.15) is 0 Å². The van der Waals surface area contributed by atoms with Gasteiger partial charge in [0.05, 0.1) is 5.69 Å². The second-order valence-electron chi connectivity index (χ2n) is 7.59. The third kappa shape index (κ3) is 4.44. The van der Waals surface area contributed by atoms with Gasteiger partial charge in [0.25, 0.3) is 11.8 Å². The van der Waals surface area contributed by atoms with E-state index < -0.39 is 17.8 Å². The first-order valence-electron chi connectivity index (χ1n) is 10.2. The number of barbiturate groups is 1. The molecule has 6 heteroatoms. The van der Waals surface area contributed by atoms with Gasteiger partial charge < -0.3 is 4.74 Å². The van der Waals surface area contributed by atoms with Gasteiger partial charge in [0.2, 0.25) is 0 Å². The average Bonchev–Trinajstić information content (AvgIpc) is 2.77. The van der Waals surface area contributed by atoms with Crippen molar-refractivity contribution < 1.29 is 19.1 Å². The zero-order valence-corrected chi connectivity index (χ0v) is 17.8. The van der Waals surface area contributed by atoms with Crippen LogP contribution in [0.5, 0.6) is 5.75 Å². The highest BCUT2D eigenvalue weighted by Gasteiger charge is 2.37. The normalized spacial score (nSPS) is 15.1. The maximum atomic E-state index is 13.0. The average molecular weight is 426 g/mol. The van der Waals surface area contributed by atoms with Crippen LogP contribution in [0.3, 0.4) is 0 Å². The quantitative estimate of drug-likeness (QED) is 0.480. The van der Waals surface area contributed by atoms with Gasteiger partial charge in [-0.05, 0) is 54.8 Å². The summed E-state index contributed by atoms with van der Waals surface area (Å²) in [6.45, 7) is 4.27. The number of imide groups is 2. The van der Waals surface area contributed by atoms with E-state index in [4.69, 9.17) is 4.74 Å². The Morgan fingerprint density at radius 1 is 0.906 bits per heavy atom. The van der Waals surface area contributed by atoms with E-state index in [1.165, 1.54) is 11.6 Å². The number of aryl methyl sites for hydroxylation is 2. The highest BCUT2D eigenvalue weighted by Crippen LogP contribution is 2.25. The molecular formula is C26H22N2O4. The summed E-state index contributed by atoms with van der Waals surface area (Å²) < 4.78 is 5.82. The molecule has 1 fully saturated rings. The predicted octanol–water partition coefficient (Wildman–Crippen LogP) is 4.55. The zero-order valence-electron chi connectivity index (χ0n) is 17.8. The number of rotatable bonds is 5. The third-order valence-electron chi connectivity index (χ3n) is 5.14. The second-order valence-corrected chi connectivity index (χ2v) is 7.59. The van der Waals surface area contributed by atoms with Gasteiger partial charge in [0.15, 0.2) is 0 Å². The topological polar surface area (TPSA) is 75.7 Å². The number of nitrogens with one attached hydrogen (secondary N) is 1. The van der Waals surface area contributed by atoms with Gasteiger partial charge in [-0.15, -0.1) is 0 Å². The number of nitrogens with zero attached hydrogens (tertiary/aromatic N) is 1. The molecule has 0 bridgehead atoms. The minimum absolute atomic E-state index is 0.110. The van der Waals surface area contributed by atoms with Gasteiger partial charge in [-0.1, -0.05) is 60.2 Å². The number of carbonyl (C=O) groups excluding carboxylic acids is 3. The van der Waals surface area contributed by atoms with E-state index in [1.807, 2.05) is 31.2 Å². The van der Waals surface area contributed by atoms with E-state index >= 15 is 0 Å². The lowest BCUT2D eigenvalue weighted by Crippen LogP contribution is -2.54. The van der Waals surface area contributed by atoms with Crippen LogP contribution in [0.4, 0.5) is 10.5 Å². The van der Waals surface area contributed by atoms with E-state index in [-0.39, 0.29) is 5.57 Å². The summed E-state index contributed by atoms with van der Waals surface area (Å²) in [5.41, 5.74) is 3.96. The van der Waals surface area contributed by atoms with Crippen LogP contribution in [0.15, 0.2) is 78.4 Å². The molecule has 0 unspecified atom stereocenters. The Labute approximate surface area is 186 Å². The van der Waals surface area contributed by atoms with Crippen LogP contribution >= 0.6 is 0 Å². The number of para-hydroxylation sites is 1. The number of urea groups is 1. The van der Waals surface area contributed by atoms with Crippen molar-refractivity contribution in [1.82, 2.24) is 5.32 Å². The number of benzene rings is 3. The predicted molar refractivity (Wildman–Crippen MR) is 122 cm³/mol. The maximum absolute atomic E-state index is 13.0. The fraction of sp³-hybridized carbons (Fsp3) is 0.115. The molecule has 3 aromatic carbocycles. The van der Waals surface area contributed by atoms with Crippen molar-refractivity contribution in [3.63, 3.8) is 0 Å². The Balaban J connectivity index is 1.53. The summed E-state index contributed by atoms with van der Waals surface area (Å²) in [6.07, 6.45) is 1.47. The van der Waals surface area contributed by atoms with Gasteiger partial charge in [0.1, 0.15) is 17.9 Å². The highest BCUT2D eigenvalue weighted by molar-refractivity contribution is 6.39. The standard InChI is InChI=1S/C26H22N2O4/c1-17-6-5-8-20(14-17)16-32-21-12-10-19(11-13-21)15-22-24(29)27-26(31)28(25(22)30)23-9-4-3-7-18(23)2/h3-15H,16H2,1-2H3,(H,27,29,31)/b22-15+. The van der Waals surface area contributed by atoms with Gasteiger partial charge in [-0.3, -0.25) is 14.9 Å². The number of ether oxygens (including phenoxy) is 1. The molecule has 1 heterocycles. The summed E-state index contributed by atoms with van der Waals surface area (Å²) in [5.74, 6) is -0.706.